The predicted octanol–water partition coefficient (Wildman–Crippen LogP) is -3.76. The van der Waals surface area contributed by atoms with E-state index in [2.05, 4.69) is 20.6 Å². The minimum Gasteiger partial charge on any atom is -0.481 e. The normalized spacial score (nSPS) is 14.0. The van der Waals surface area contributed by atoms with E-state index in [1.807, 2.05) is 5.32 Å². The fraction of sp³-hybridized carbons (Fsp3) is 0.444. The van der Waals surface area contributed by atoms with Crippen LogP contribution >= 0.6 is 0 Å². The summed E-state index contributed by atoms with van der Waals surface area (Å²) in [6.45, 7) is 0. The van der Waals surface area contributed by atoms with Crippen molar-refractivity contribution in [3.05, 3.63) is 18.2 Å². The Morgan fingerprint density at radius 2 is 1.26 bits per heavy atom. The van der Waals surface area contributed by atoms with Crippen molar-refractivity contribution in [2.24, 2.45) is 5.73 Å². The van der Waals surface area contributed by atoms with E-state index in [9.17, 15) is 33.6 Å². The second-order valence-electron chi connectivity index (χ2n) is 7.20. The molecule has 4 atom stereocenters. The van der Waals surface area contributed by atoms with Crippen LogP contribution < -0.4 is 21.7 Å². The molecule has 35 heavy (non-hydrogen) atoms. The van der Waals surface area contributed by atoms with E-state index in [4.69, 9.17) is 26.2 Å². The topological polar surface area (TPSA) is 291 Å². The molecule has 0 saturated heterocycles. The molecule has 0 aromatic carbocycles. The number of hydrogen-bond donors (Lipinski definition) is 9. The lowest BCUT2D eigenvalue weighted by atomic mass is 10.1. The maximum Gasteiger partial charge on any atom is 0.326 e. The van der Waals surface area contributed by atoms with Crippen molar-refractivity contribution in [2.45, 2.75) is 49.9 Å². The Bertz CT molecular complexity index is 964. The van der Waals surface area contributed by atoms with Gasteiger partial charge in [-0.05, 0) is 0 Å². The first-order chi connectivity index (χ1) is 16.3. The molecule has 4 unspecified atom stereocenters. The second-order valence-corrected chi connectivity index (χ2v) is 7.20. The van der Waals surface area contributed by atoms with Gasteiger partial charge in [-0.25, -0.2) is 9.78 Å². The molecule has 10 N–H and O–H groups in total. The van der Waals surface area contributed by atoms with Crippen molar-refractivity contribution in [1.82, 2.24) is 25.9 Å². The summed E-state index contributed by atoms with van der Waals surface area (Å²) in [5.41, 5.74) is 5.81. The third-order valence-electron chi connectivity index (χ3n) is 4.35. The molecular weight excluding hydrogens is 476 g/mol. The average Bonchev–Trinajstić information content (AvgIpc) is 3.24. The summed E-state index contributed by atoms with van der Waals surface area (Å²) in [5.74, 6) is -9.64. The molecule has 17 heteroatoms. The predicted molar refractivity (Wildman–Crippen MR) is 110 cm³/mol. The molecule has 0 spiro atoms. The van der Waals surface area contributed by atoms with Crippen LogP contribution in [0.1, 0.15) is 25.0 Å². The Morgan fingerprint density at radius 3 is 1.74 bits per heavy atom. The second kappa shape index (κ2) is 13.2. The van der Waals surface area contributed by atoms with Crippen LogP contribution in [0.5, 0.6) is 0 Å². The van der Waals surface area contributed by atoms with Crippen LogP contribution in [0.15, 0.2) is 12.5 Å². The van der Waals surface area contributed by atoms with Crippen LogP contribution in [0.2, 0.25) is 0 Å². The lowest BCUT2D eigenvalue weighted by molar-refractivity contribution is -0.148. The average molecular weight is 500 g/mol. The molecule has 192 valence electrons. The molecule has 17 nitrogen and oxygen atoms in total. The molecule has 1 aromatic rings. The van der Waals surface area contributed by atoms with E-state index in [0.717, 1.165) is 0 Å². The molecule has 0 radical (unpaired) electrons. The first-order valence-electron chi connectivity index (χ1n) is 9.82. The van der Waals surface area contributed by atoms with Crippen LogP contribution in [0.4, 0.5) is 0 Å². The minimum absolute atomic E-state index is 0.254. The van der Waals surface area contributed by atoms with Crippen molar-refractivity contribution >= 4 is 41.6 Å². The number of carboxylic acids is 4. The Balaban J connectivity index is 3.08. The highest BCUT2D eigenvalue weighted by Crippen LogP contribution is 2.04. The Kier molecular flexibility index (Phi) is 10.8. The van der Waals surface area contributed by atoms with E-state index in [0.29, 0.717) is 5.69 Å². The summed E-state index contributed by atoms with van der Waals surface area (Å²) in [6.07, 6.45) is -0.481. The van der Waals surface area contributed by atoms with Crippen LogP contribution in [-0.2, 0) is 40.0 Å². The van der Waals surface area contributed by atoms with Gasteiger partial charge in [0, 0.05) is 18.3 Å². The quantitative estimate of drug-likeness (QED) is 0.112. The van der Waals surface area contributed by atoms with Gasteiger partial charge in [-0.2, -0.15) is 0 Å². The summed E-state index contributed by atoms with van der Waals surface area (Å²) in [4.78, 5) is 87.9. The van der Waals surface area contributed by atoms with E-state index in [1.165, 1.54) is 12.5 Å². The number of nitrogens with zero attached hydrogens (tertiary/aromatic N) is 1. The molecule has 1 heterocycles. The van der Waals surface area contributed by atoms with Crippen LogP contribution in [0, 0.1) is 0 Å². The van der Waals surface area contributed by atoms with Crippen LogP contribution in [0.25, 0.3) is 0 Å². The number of H-pyrrole nitrogens is 1. The van der Waals surface area contributed by atoms with Gasteiger partial charge in [-0.15, -0.1) is 0 Å². The first kappa shape index (κ1) is 28.5. The van der Waals surface area contributed by atoms with Gasteiger partial charge in [0.25, 0.3) is 0 Å². The monoisotopic (exact) mass is 500 g/mol. The largest absolute Gasteiger partial charge is 0.481 e. The number of aromatic nitrogens is 2. The van der Waals surface area contributed by atoms with Gasteiger partial charge >= 0.3 is 23.9 Å². The zero-order valence-corrected chi connectivity index (χ0v) is 18.0. The molecule has 0 aliphatic heterocycles. The number of aliphatic carboxylic acids is 4. The number of hydrogen-bond acceptors (Lipinski definition) is 9. The molecule has 0 aliphatic carbocycles. The summed E-state index contributed by atoms with van der Waals surface area (Å²) in [5, 5.41) is 41.8. The number of nitrogens with one attached hydrogen (secondary N) is 4. The van der Waals surface area contributed by atoms with Gasteiger partial charge in [0.1, 0.15) is 18.1 Å². The number of imidazole rings is 1. The Labute approximate surface area is 196 Å². The third-order valence-corrected chi connectivity index (χ3v) is 4.35. The zero-order chi connectivity index (χ0) is 26.7. The first-order valence-corrected chi connectivity index (χ1v) is 9.82. The van der Waals surface area contributed by atoms with Crippen molar-refractivity contribution in [3.63, 3.8) is 0 Å². The van der Waals surface area contributed by atoms with E-state index >= 15 is 0 Å². The Morgan fingerprint density at radius 1 is 0.771 bits per heavy atom. The number of carbonyl (C=O) groups is 7. The molecule has 1 aromatic heterocycles. The number of carboxylic acid groups (broad SMARTS) is 4. The SMILES string of the molecule is NC(CC(=O)O)C(=O)NC(Cc1cnc[nH]1)C(=O)NC(CC(=O)O)C(=O)NC(CC(=O)O)C(=O)O. The summed E-state index contributed by atoms with van der Waals surface area (Å²) >= 11 is 0. The number of rotatable bonds is 15. The third kappa shape index (κ3) is 10.3. The van der Waals surface area contributed by atoms with Crippen LogP contribution in [0.3, 0.4) is 0 Å². The highest BCUT2D eigenvalue weighted by Gasteiger charge is 2.32. The van der Waals surface area contributed by atoms with Crippen LogP contribution in [-0.4, -0.2) is 96.2 Å². The molecule has 1 rings (SSSR count). The lowest BCUT2D eigenvalue weighted by Crippen LogP contribution is -2.58. The molecule has 0 fully saturated rings. The summed E-state index contributed by atoms with van der Waals surface area (Å²) in [6, 6.07) is -6.79. The van der Waals surface area contributed by atoms with Crippen molar-refractivity contribution in [2.75, 3.05) is 0 Å². The Hall–Kier alpha value is -4.54. The molecular formula is C18H24N6O11. The fourth-order valence-corrected chi connectivity index (χ4v) is 2.69. The number of carbonyl (C=O) groups excluding carboxylic acids is 3. The number of aromatic amines is 1. The van der Waals surface area contributed by atoms with E-state index in [1.54, 1.807) is 0 Å². The van der Waals surface area contributed by atoms with Gasteiger partial charge in [0.05, 0.1) is 31.6 Å². The van der Waals surface area contributed by atoms with Gasteiger partial charge in [0.2, 0.25) is 17.7 Å². The molecule has 0 bridgehead atoms. The lowest BCUT2D eigenvalue weighted by Gasteiger charge is -2.24. The number of nitrogens with two attached hydrogens (primary N) is 1. The minimum atomic E-state index is -1.91. The highest BCUT2D eigenvalue weighted by molar-refractivity contribution is 5.96. The van der Waals surface area contributed by atoms with Crippen molar-refractivity contribution < 1.29 is 54.0 Å². The van der Waals surface area contributed by atoms with Crippen molar-refractivity contribution in [3.8, 4) is 0 Å². The molecule has 3 amide bonds. The fourth-order valence-electron chi connectivity index (χ4n) is 2.69. The van der Waals surface area contributed by atoms with E-state index < -0.39 is 85.0 Å². The van der Waals surface area contributed by atoms with Crippen molar-refractivity contribution in [1.29, 1.82) is 0 Å². The highest BCUT2D eigenvalue weighted by atomic mass is 16.4. The molecule has 0 saturated carbocycles. The van der Waals surface area contributed by atoms with Gasteiger partial charge in [0.15, 0.2) is 0 Å². The summed E-state index contributed by atoms with van der Waals surface area (Å²) in [7, 11) is 0. The zero-order valence-electron chi connectivity index (χ0n) is 18.0. The maximum absolute atomic E-state index is 12.8. The van der Waals surface area contributed by atoms with E-state index in [-0.39, 0.29) is 6.42 Å². The smallest absolute Gasteiger partial charge is 0.326 e. The van der Waals surface area contributed by atoms with Gasteiger partial charge in [-0.3, -0.25) is 28.8 Å². The summed E-state index contributed by atoms with van der Waals surface area (Å²) < 4.78 is 0. The van der Waals surface area contributed by atoms with Gasteiger partial charge in [-0.1, -0.05) is 0 Å². The van der Waals surface area contributed by atoms with Gasteiger partial charge < -0.3 is 47.1 Å². The molecule has 0 aliphatic rings. The number of amides is 3. The standard InChI is InChI=1S/C18H24N6O11/c19-8(2-12(25)26)15(31)22-9(1-7-5-20-6-21-7)16(32)23-10(3-13(27)28)17(33)24-11(18(34)35)4-14(29)30/h5-6,8-11H,1-4,19H2,(H,20,21)(H,22,31)(H,23,32)(H,24,33)(H,25,26)(H,27,28)(H,29,30)(H,34,35). The maximum atomic E-state index is 12.8.